The maximum absolute atomic E-state index is 12.9. The van der Waals surface area contributed by atoms with Crippen molar-refractivity contribution in [2.45, 2.75) is 19.8 Å². The van der Waals surface area contributed by atoms with Gasteiger partial charge in [0.15, 0.2) is 5.96 Å². The molecule has 1 heterocycles. The number of aromatic nitrogens is 1. The quantitative estimate of drug-likeness (QED) is 0.525. The van der Waals surface area contributed by atoms with Gasteiger partial charge in [0, 0.05) is 32.8 Å². The van der Waals surface area contributed by atoms with Gasteiger partial charge in [-0.3, -0.25) is 9.79 Å². The molecule has 26 heavy (non-hydrogen) atoms. The average molecular weight is 357 g/mol. The Balaban J connectivity index is 1.65. The lowest BCUT2D eigenvalue weighted by molar-refractivity contribution is -0.116. The Hall–Kier alpha value is -2.96. The fourth-order valence-electron chi connectivity index (χ4n) is 2.24. The number of amides is 1. The van der Waals surface area contributed by atoms with Crippen molar-refractivity contribution in [1.29, 1.82) is 0 Å². The molecule has 2 aromatic rings. The second-order valence-electron chi connectivity index (χ2n) is 5.82. The number of nitrogens with one attached hydrogen (secondary N) is 3. The summed E-state index contributed by atoms with van der Waals surface area (Å²) in [5, 5.41) is 9.00. The molecule has 0 aliphatic carbocycles. The van der Waals surface area contributed by atoms with E-state index in [1.807, 2.05) is 13.0 Å². The molecular formula is C19H24FN5O. The molecule has 0 aliphatic heterocycles. The maximum atomic E-state index is 12.9. The average Bonchev–Trinajstić information content (AvgIpc) is 2.64. The Morgan fingerprint density at radius 2 is 1.85 bits per heavy atom. The fraction of sp³-hybridized carbons (Fsp3) is 0.316. The van der Waals surface area contributed by atoms with E-state index in [2.05, 4.69) is 25.9 Å². The predicted molar refractivity (Wildman–Crippen MR) is 102 cm³/mol. The molecule has 0 saturated carbocycles. The van der Waals surface area contributed by atoms with Gasteiger partial charge in [-0.1, -0.05) is 18.2 Å². The van der Waals surface area contributed by atoms with Gasteiger partial charge in [-0.05, 0) is 42.7 Å². The highest BCUT2D eigenvalue weighted by Crippen LogP contribution is 2.04. The van der Waals surface area contributed by atoms with Crippen LogP contribution in [0, 0.1) is 12.7 Å². The van der Waals surface area contributed by atoms with E-state index in [0.717, 1.165) is 17.5 Å². The third-order valence-corrected chi connectivity index (χ3v) is 3.67. The van der Waals surface area contributed by atoms with Crippen molar-refractivity contribution in [3.63, 3.8) is 0 Å². The van der Waals surface area contributed by atoms with Gasteiger partial charge < -0.3 is 16.0 Å². The Labute approximate surface area is 152 Å². The van der Waals surface area contributed by atoms with E-state index in [-0.39, 0.29) is 11.7 Å². The van der Waals surface area contributed by atoms with Crippen LogP contribution >= 0.6 is 0 Å². The van der Waals surface area contributed by atoms with Crippen LogP contribution in [0.4, 0.5) is 10.2 Å². The number of hydrogen-bond acceptors (Lipinski definition) is 3. The fourth-order valence-corrected chi connectivity index (χ4v) is 2.24. The summed E-state index contributed by atoms with van der Waals surface area (Å²) in [6.45, 7) is 3.05. The molecule has 7 heteroatoms. The van der Waals surface area contributed by atoms with Crippen LogP contribution in [0.2, 0.25) is 0 Å². The molecule has 0 radical (unpaired) electrons. The Bertz CT molecular complexity index is 729. The predicted octanol–water partition coefficient (Wildman–Crippen LogP) is 2.27. The zero-order valence-corrected chi connectivity index (χ0v) is 15.1. The molecule has 6 nitrogen and oxygen atoms in total. The van der Waals surface area contributed by atoms with Crippen LogP contribution in [0.1, 0.15) is 17.5 Å². The molecule has 2 rings (SSSR count). The molecule has 1 aromatic heterocycles. The van der Waals surface area contributed by atoms with E-state index in [0.29, 0.717) is 31.3 Å². The molecule has 0 atom stereocenters. The minimum absolute atomic E-state index is 0.115. The molecule has 0 saturated heterocycles. The second kappa shape index (κ2) is 10.1. The topological polar surface area (TPSA) is 78.4 Å². The smallest absolute Gasteiger partial charge is 0.227 e. The first-order valence-electron chi connectivity index (χ1n) is 8.48. The van der Waals surface area contributed by atoms with Crippen molar-refractivity contribution in [2.75, 3.05) is 25.5 Å². The van der Waals surface area contributed by atoms with Crippen molar-refractivity contribution in [3.05, 3.63) is 59.5 Å². The lowest BCUT2D eigenvalue weighted by Crippen LogP contribution is -2.39. The summed E-state index contributed by atoms with van der Waals surface area (Å²) in [6, 6.07) is 10.1. The molecule has 0 unspecified atom stereocenters. The Kier molecular flexibility index (Phi) is 7.54. The number of benzene rings is 1. The number of guanidine groups is 1. The summed E-state index contributed by atoms with van der Waals surface area (Å²) in [5.41, 5.74) is 2.08. The van der Waals surface area contributed by atoms with E-state index in [1.165, 1.54) is 12.1 Å². The minimum atomic E-state index is -0.238. The van der Waals surface area contributed by atoms with Crippen molar-refractivity contribution in [2.24, 2.45) is 4.99 Å². The zero-order chi connectivity index (χ0) is 18.8. The molecule has 138 valence electrons. The molecule has 0 fully saturated rings. The Morgan fingerprint density at radius 1 is 1.12 bits per heavy atom. The van der Waals surface area contributed by atoms with Gasteiger partial charge in [0.25, 0.3) is 0 Å². The van der Waals surface area contributed by atoms with Crippen LogP contribution in [-0.4, -0.2) is 37.0 Å². The standard InChI is InChI=1S/C19H24FN5O/c1-14-3-8-17(24-13-14)25-18(26)10-12-23-19(21-2)22-11-9-15-4-6-16(20)7-5-15/h3-8,13H,9-12H2,1-2H3,(H2,21,22,23)(H,24,25,26). The number of carbonyl (C=O) groups is 1. The normalized spacial score (nSPS) is 11.1. The van der Waals surface area contributed by atoms with Crippen molar-refractivity contribution >= 4 is 17.7 Å². The summed E-state index contributed by atoms with van der Waals surface area (Å²) in [4.78, 5) is 20.2. The number of nitrogens with zero attached hydrogens (tertiary/aromatic N) is 2. The van der Waals surface area contributed by atoms with Gasteiger partial charge in [-0.15, -0.1) is 0 Å². The first-order valence-corrected chi connectivity index (χ1v) is 8.48. The second-order valence-corrected chi connectivity index (χ2v) is 5.82. The summed E-state index contributed by atoms with van der Waals surface area (Å²) in [6.07, 6.45) is 2.76. The van der Waals surface area contributed by atoms with Crippen molar-refractivity contribution in [1.82, 2.24) is 15.6 Å². The van der Waals surface area contributed by atoms with E-state index >= 15 is 0 Å². The highest BCUT2D eigenvalue weighted by atomic mass is 19.1. The number of halogens is 1. The SMILES string of the molecule is CN=C(NCCC(=O)Nc1ccc(C)cn1)NCCc1ccc(F)cc1. The first kappa shape index (κ1) is 19.4. The lowest BCUT2D eigenvalue weighted by atomic mass is 10.1. The summed E-state index contributed by atoms with van der Waals surface area (Å²) < 4.78 is 12.9. The zero-order valence-electron chi connectivity index (χ0n) is 15.1. The number of anilines is 1. The number of aryl methyl sites for hydroxylation is 1. The van der Waals surface area contributed by atoms with Gasteiger partial charge in [-0.2, -0.15) is 0 Å². The van der Waals surface area contributed by atoms with Crippen LogP contribution in [0.3, 0.4) is 0 Å². The molecule has 0 bridgehead atoms. The monoisotopic (exact) mass is 357 g/mol. The van der Waals surface area contributed by atoms with E-state index in [1.54, 1.807) is 31.4 Å². The molecule has 3 N–H and O–H groups in total. The summed E-state index contributed by atoms with van der Waals surface area (Å²) in [7, 11) is 1.67. The van der Waals surface area contributed by atoms with Gasteiger partial charge in [0.2, 0.25) is 5.91 Å². The van der Waals surface area contributed by atoms with E-state index < -0.39 is 0 Å². The molecule has 0 spiro atoms. The van der Waals surface area contributed by atoms with Gasteiger partial charge in [-0.25, -0.2) is 9.37 Å². The van der Waals surface area contributed by atoms with Crippen LogP contribution in [0.15, 0.2) is 47.6 Å². The Morgan fingerprint density at radius 3 is 2.50 bits per heavy atom. The van der Waals surface area contributed by atoms with E-state index in [4.69, 9.17) is 0 Å². The minimum Gasteiger partial charge on any atom is -0.356 e. The number of aliphatic imine (C=N–C) groups is 1. The van der Waals surface area contributed by atoms with Crippen LogP contribution in [0.5, 0.6) is 0 Å². The van der Waals surface area contributed by atoms with Crippen LogP contribution in [0.25, 0.3) is 0 Å². The molecular weight excluding hydrogens is 333 g/mol. The maximum Gasteiger partial charge on any atom is 0.227 e. The lowest BCUT2D eigenvalue weighted by Gasteiger charge is -2.12. The third kappa shape index (κ3) is 6.88. The van der Waals surface area contributed by atoms with Gasteiger partial charge in [0.05, 0.1) is 0 Å². The molecule has 0 aliphatic rings. The van der Waals surface area contributed by atoms with Crippen molar-refractivity contribution < 1.29 is 9.18 Å². The highest BCUT2D eigenvalue weighted by Gasteiger charge is 2.04. The molecule has 1 amide bonds. The van der Waals surface area contributed by atoms with Gasteiger partial charge in [0.1, 0.15) is 11.6 Å². The summed E-state index contributed by atoms with van der Waals surface area (Å²) in [5.74, 6) is 0.810. The van der Waals surface area contributed by atoms with Gasteiger partial charge >= 0.3 is 0 Å². The number of pyridine rings is 1. The highest BCUT2D eigenvalue weighted by molar-refractivity contribution is 5.90. The summed E-state index contributed by atoms with van der Waals surface area (Å²) >= 11 is 0. The third-order valence-electron chi connectivity index (χ3n) is 3.67. The first-order chi connectivity index (χ1) is 12.6. The number of hydrogen-bond donors (Lipinski definition) is 3. The van der Waals surface area contributed by atoms with Crippen LogP contribution < -0.4 is 16.0 Å². The van der Waals surface area contributed by atoms with Crippen LogP contribution in [-0.2, 0) is 11.2 Å². The molecule has 1 aromatic carbocycles. The number of carbonyl (C=O) groups excluding carboxylic acids is 1. The van der Waals surface area contributed by atoms with Crippen molar-refractivity contribution in [3.8, 4) is 0 Å². The number of rotatable bonds is 7. The van der Waals surface area contributed by atoms with E-state index in [9.17, 15) is 9.18 Å². The largest absolute Gasteiger partial charge is 0.356 e.